The van der Waals surface area contributed by atoms with E-state index in [9.17, 15) is 9.59 Å². The lowest BCUT2D eigenvalue weighted by Crippen LogP contribution is -2.34. The van der Waals surface area contributed by atoms with E-state index < -0.39 is 0 Å². The van der Waals surface area contributed by atoms with Crippen molar-refractivity contribution in [3.63, 3.8) is 0 Å². The lowest BCUT2D eigenvalue weighted by molar-refractivity contribution is -0.126. The molecule has 1 unspecified atom stereocenters. The van der Waals surface area contributed by atoms with Crippen LogP contribution in [-0.2, 0) is 9.59 Å². The van der Waals surface area contributed by atoms with Crippen molar-refractivity contribution < 1.29 is 9.59 Å². The van der Waals surface area contributed by atoms with Crippen molar-refractivity contribution in [1.82, 2.24) is 10.2 Å². The topological polar surface area (TPSA) is 52.7 Å². The van der Waals surface area contributed by atoms with Gasteiger partial charge >= 0.3 is 0 Å². The molecule has 1 N–H and O–H groups in total. The van der Waals surface area contributed by atoms with Crippen LogP contribution in [0.3, 0.4) is 0 Å². The molecule has 0 aromatic heterocycles. The number of nitrogens with one attached hydrogen (secondary N) is 1. The van der Waals surface area contributed by atoms with Crippen molar-refractivity contribution in [3.05, 3.63) is 29.3 Å². The maximum absolute atomic E-state index is 12.3. The molecule has 126 valence electrons. The van der Waals surface area contributed by atoms with E-state index in [1.807, 2.05) is 40.1 Å². The molecule has 1 heterocycles. The summed E-state index contributed by atoms with van der Waals surface area (Å²) in [5.74, 6) is -0.225. The van der Waals surface area contributed by atoms with E-state index in [1.54, 1.807) is 4.90 Å². The van der Waals surface area contributed by atoms with Gasteiger partial charge in [-0.05, 0) is 52.5 Å². The third-order valence-corrected chi connectivity index (χ3v) is 4.22. The van der Waals surface area contributed by atoms with Crippen LogP contribution in [0.5, 0.6) is 0 Å². The van der Waals surface area contributed by atoms with Crippen molar-refractivity contribution in [2.75, 3.05) is 38.6 Å². The van der Waals surface area contributed by atoms with Gasteiger partial charge in [0.25, 0.3) is 0 Å². The van der Waals surface area contributed by atoms with Gasteiger partial charge in [-0.1, -0.05) is 17.7 Å². The van der Waals surface area contributed by atoms with Crippen molar-refractivity contribution in [2.45, 2.75) is 26.7 Å². The molecular formula is C18H27N3O2. The van der Waals surface area contributed by atoms with Gasteiger partial charge in [0.05, 0.1) is 5.92 Å². The van der Waals surface area contributed by atoms with Gasteiger partial charge in [-0.2, -0.15) is 0 Å². The van der Waals surface area contributed by atoms with E-state index in [1.165, 1.54) is 5.56 Å². The lowest BCUT2D eigenvalue weighted by Gasteiger charge is -2.19. The summed E-state index contributed by atoms with van der Waals surface area (Å²) in [5.41, 5.74) is 3.17. The molecule has 1 aromatic rings. The van der Waals surface area contributed by atoms with E-state index in [-0.39, 0.29) is 17.7 Å². The predicted molar refractivity (Wildman–Crippen MR) is 92.6 cm³/mol. The summed E-state index contributed by atoms with van der Waals surface area (Å²) < 4.78 is 0. The van der Waals surface area contributed by atoms with Crippen molar-refractivity contribution in [2.24, 2.45) is 5.92 Å². The first kappa shape index (κ1) is 17.5. The smallest absolute Gasteiger partial charge is 0.227 e. The van der Waals surface area contributed by atoms with Gasteiger partial charge in [0.15, 0.2) is 0 Å². The zero-order valence-corrected chi connectivity index (χ0v) is 14.6. The molecule has 2 amide bonds. The second-order valence-electron chi connectivity index (χ2n) is 6.64. The second-order valence-corrected chi connectivity index (χ2v) is 6.64. The maximum Gasteiger partial charge on any atom is 0.227 e. The lowest BCUT2D eigenvalue weighted by atomic mass is 10.1. The van der Waals surface area contributed by atoms with Crippen LogP contribution in [0.4, 0.5) is 5.69 Å². The van der Waals surface area contributed by atoms with Gasteiger partial charge in [0, 0.05) is 25.2 Å². The summed E-state index contributed by atoms with van der Waals surface area (Å²) in [6.07, 6.45) is 1.22. The Hall–Kier alpha value is -1.88. The Bertz CT molecular complexity index is 584. The fourth-order valence-corrected chi connectivity index (χ4v) is 2.98. The van der Waals surface area contributed by atoms with Gasteiger partial charge in [0.1, 0.15) is 0 Å². The highest BCUT2D eigenvalue weighted by Crippen LogP contribution is 2.28. The number of amides is 2. The molecule has 0 saturated carbocycles. The number of aryl methyl sites for hydroxylation is 2. The molecule has 1 saturated heterocycles. The first-order chi connectivity index (χ1) is 10.9. The van der Waals surface area contributed by atoms with Crippen molar-refractivity contribution in [1.29, 1.82) is 0 Å². The Morgan fingerprint density at radius 1 is 1.35 bits per heavy atom. The Morgan fingerprint density at radius 2 is 2.09 bits per heavy atom. The first-order valence-electron chi connectivity index (χ1n) is 8.18. The van der Waals surface area contributed by atoms with Crippen molar-refractivity contribution >= 4 is 17.5 Å². The Balaban J connectivity index is 1.93. The summed E-state index contributed by atoms with van der Waals surface area (Å²) in [6, 6.07) is 6.04. The highest BCUT2D eigenvalue weighted by Gasteiger charge is 2.35. The monoisotopic (exact) mass is 317 g/mol. The molecule has 23 heavy (non-hydrogen) atoms. The maximum atomic E-state index is 12.3. The largest absolute Gasteiger partial charge is 0.356 e. The molecule has 0 radical (unpaired) electrons. The molecule has 2 rings (SSSR count). The summed E-state index contributed by atoms with van der Waals surface area (Å²) >= 11 is 0. The minimum Gasteiger partial charge on any atom is -0.356 e. The number of nitrogens with zero attached hydrogens (tertiary/aromatic N) is 2. The third-order valence-electron chi connectivity index (χ3n) is 4.22. The molecule has 1 atom stereocenters. The fraction of sp³-hybridized carbons (Fsp3) is 0.556. The van der Waals surface area contributed by atoms with E-state index >= 15 is 0 Å². The summed E-state index contributed by atoms with van der Waals surface area (Å²) in [6.45, 7) is 6.11. The summed E-state index contributed by atoms with van der Waals surface area (Å²) in [4.78, 5) is 28.4. The first-order valence-corrected chi connectivity index (χ1v) is 8.18. The highest BCUT2D eigenvalue weighted by atomic mass is 16.2. The van der Waals surface area contributed by atoms with Crippen LogP contribution in [0.25, 0.3) is 0 Å². The molecule has 0 aliphatic carbocycles. The van der Waals surface area contributed by atoms with Crippen LogP contribution < -0.4 is 10.2 Å². The van der Waals surface area contributed by atoms with Gasteiger partial charge in [-0.15, -0.1) is 0 Å². The Morgan fingerprint density at radius 3 is 2.74 bits per heavy atom. The molecule has 5 nitrogen and oxygen atoms in total. The van der Waals surface area contributed by atoms with E-state index in [0.717, 1.165) is 24.2 Å². The number of anilines is 1. The highest BCUT2D eigenvalue weighted by molar-refractivity contribution is 6.00. The third kappa shape index (κ3) is 4.55. The standard InChI is InChI=1S/C18H27N3O2/c1-13-6-7-16(14(2)10-13)21-12-15(11-17(21)22)18(23)19-8-5-9-20(3)4/h6-7,10,15H,5,8-9,11-12H2,1-4H3,(H,19,23). The fourth-order valence-electron chi connectivity index (χ4n) is 2.98. The average Bonchev–Trinajstić information content (AvgIpc) is 2.85. The van der Waals surface area contributed by atoms with Crippen molar-refractivity contribution in [3.8, 4) is 0 Å². The number of carbonyl (C=O) groups is 2. The Kier molecular flexibility index (Phi) is 5.77. The van der Waals surface area contributed by atoms with E-state index in [4.69, 9.17) is 0 Å². The SMILES string of the molecule is Cc1ccc(N2CC(C(=O)NCCCN(C)C)CC2=O)c(C)c1. The quantitative estimate of drug-likeness (QED) is 0.813. The van der Waals surface area contributed by atoms with Crippen LogP contribution in [0, 0.1) is 19.8 Å². The van der Waals surface area contributed by atoms with E-state index in [2.05, 4.69) is 16.3 Å². The number of carbonyl (C=O) groups excluding carboxylic acids is 2. The minimum absolute atomic E-state index is 0.00984. The molecule has 1 fully saturated rings. The van der Waals surface area contributed by atoms with Crippen LogP contribution in [0.2, 0.25) is 0 Å². The van der Waals surface area contributed by atoms with Crippen LogP contribution in [0.15, 0.2) is 18.2 Å². The van der Waals surface area contributed by atoms with Crippen LogP contribution in [0.1, 0.15) is 24.0 Å². The molecular weight excluding hydrogens is 290 g/mol. The van der Waals surface area contributed by atoms with Gasteiger partial charge in [0.2, 0.25) is 11.8 Å². The predicted octanol–water partition coefficient (Wildman–Crippen LogP) is 1.72. The normalized spacial score (nSPS) is 17.9. The summed E-state index contributed by atoms with van der Waals surface area (Å²) in [5, 5.41) is 2.95. The van der Waals surface area contributed by atoms with Gasteiger partial charge in [-0.25, -0.2) is 0 Å². The minimum atomic E-state index is -0.248. The second kappa shape index (κ2) is 7.59. The van der Waals surface area contributed by atoms with Crippen LogP contribution in [-0.4, -0.2) is 50.4 Å². The molecule has 1 aromatic carbocycles. The molecule has 1 aliphatic heterocycles. The average molecular weight is 317 g/mol. The zero-order chi connectivity index (χ0) is 17.0. The van der Waals surface area contributed by atoms with Gasteiger partial charge in [-0.3, -0.25) is 9.59 Å². The Labute approximate surface area is 138 Å². The molecule has 0 bridgehead atoms. The number of rotatable bonds is 6. The molecule has 5 heteroatoms. The van der Waals surface area contributed by atoms with E-state index in [0.29, 0.717) is 19.5 Å². The number of benzene rings is 1. The summed E-state index contributed by atoms with van der Waals surface area (Å²) in [7, 11) is 4.03. The van der Waals surface area contributed by atoms with Crippen LogP contribution >= 0.6 is 0 Å². The number of hydrogen-bond acceptors (Lipinski definition) is 3. The number of hydrogen-bond donors (Lipinski definition) is 1. The zero-order valence-electron chi connectivity index (χ0n) is 14.6. The molecule has 0 spiro atoms. The van der Waals surface area contributed by atoms with Gasteiger partial charge < -0.3 is 15.1 Å². The molecule has 1 aliphatic rings.